The Bertz CT molecular complexity index is 1320. The normalized spacial score (nSPS) is 12.1. The largest absolute Gasteiger partial charge is 0.495 e. The van der Waals surface area contributed by atoms with Gasteiger partial charge in [0, 0.05) is 11.3 Å². The number of benzene rings is 3. The molecule has 36 heavy (non-hydrogen) atoms. The van der Waals surface area contributed by atoms with Crippen LogP contribution in [-0.4, -0.2) is 54.8 Å². The summed E-state index contributed by atoms with van der Waals surface area (Å²) in [5, 5.41) is 5.29. The molecule has 10 nitrogen and oxygen atoms in total. The van der Waals surface area contributed by atoms with E-state index >= 15 is 0 Å². The van der Waals surface area contributed by atoms with Gasteiger partial charge in [-0.15, -0.1) is 0 Å². The molecule has 1 heterocycles. The number of imide groups is 1. The lowest BCUT2D eigenvalue weighted by atomic mass is 10.1. The molecule has 0 bridgehead atoms. The van der Waals surface area contributed by atoms with Crippen LogP contribution in [0.4, 0.5) is 11.4 Å². The third-order valence-electron chi connectivity index (χ3n) is 5.32. The van der Waals surface area contributed by atoms with Gasteiger partial charge in [0.05, 0.1) is 23.9 Å². The van der Waals surface area contributed by atoms with Gasteiger partial charge in [0.1, 0.15) is 12.3 Å². The van der Waals surface area contributed by atoms with Crippen molar-refractivity contribution in [3.8, 4) is 5.75 Å². The fourth-order valence-corrected chi connectivity index (χ4v) is 3.55. The minimum Gasteiger partial charge on any atom is -0.495 e. The standard InChI is InChI=1S/C26H21N3O7/c1-35-21-9-5-4-8-20(21)28-24(32)16-10-12-17(13-11-16)27-22(30)15-36-23(31)14-29-25(33)18-6-2-3-7-19(18)26(29)34/h2-13H,14-15H2,1H3,(H,27,30)(H,28,32). The Labute approximate surface area is 205 Å². The lowest BCUT2D eigenvalue weighted by Gasteiger charge is -2.13. The van der Waals surface area contributed by atoms with E-state index in [4.69, 9.17) is 9.47 Å². The van der Waals surface area contributed by atoms with Gasteiger partial charge in [-0.1, -0.05) is 24.3 Å². The molecular weight excluding hydrogens is 466 g/mol. The minimum atomic E-state index is -0.900. The van der Waals surface area contributed by atoms with E-state index in [0.717, 1.165) is 4.90 Å². The van der Waals surface area contributed by atoms with Crippen LogP contribution < -0.4 is 15.4 Å². The van der Waals surface area contributed by atoms with Crippen LogP contribution in [0.3, 0.4) is 0 Å². The van der Waals surface area contributed by atoms with Crippen molar-refractivity contribution in [3.63, 3.8) is 0 Å². The van der Waals surface area contributed by atoms with Crippen LogP contribution >= 0.6 is 0 Å². The Balaban J connectivity index is 1.26. The first-order chi connectivity index (χ1) is 17.4. The van der Waals surface area contributed by atoms with Crippen molar-refractivity contribution in [2.24, 2.45) is 0 Å². The van der Waals surface area contributed by atoms with Gasteiger partial charge in [-0.2, -0.15) is 0 Å². The second-order valence-corrected chi connectivity index (χ2v) is 7.68. The molecule has 10 heteroatoms. The first-order valence-corrected chi connectivity index (χ1v) is 10.8. The van der Waals surface area contributed by atoms with Gasteiger partial charge < -0.3 is 20.1 Å². The number of amides is 4. The highest BCUT2D eigenvalue weighted by Gasteiger charge is 2.36. The van der Waals surface area contributed by atoms with E-state index in [9.17, 15) is 24.0 Å². The van der Waals surface area contributed by atoms with Crippen molar-refractivity contribution in [3.05, 3.63) is 89.5 Å². The number of rotatable bonds is 8. The Hall–Kier alpha value is -4.99. The summed E-state index contributed by atoms with van der Waals surface area (Å²) in [4.78, 5) is 62.2. The van der Waals surface area contributed by atoms with Crippen LogP contribution in [-0.2, 0) is 14.3 Å². The Morgan fingerprint density at radius 1 is 0.806 bits per heavy atom. The monoisotopic (exact) mass is 487 g/mol. The zero-order valence-corrected chi connectivity index (χ0v) is 19.1. The van der Waals surface area contributed by atoms with Crippen LogP contribution in [0, 0.1) is 0 Å². The number of methoxy groups -OCH3 is 1. The SMILES string of the molecule is COc1ccccc1NC(=O)c1ccc(NC(=O)COC(=O)CN2C(=O)c3ccccc3C2=O)cc1. The Morgan fingerprint density at radius 3 is 2.06 bits per heavy atom. The molecule has 4 amide bonds. The van der Waals surface area contributed by atoms with Crippen molar-refractivity contribution >= 4 is 41.0 Å². The van der Waals surface area contributed by atoms with Crippen LogP contribution in [0.15, 0.2) is 72.8 Å². The van der Waals surface area contributed by atoms with Gasteiger partial charge >= 0.3 is 5.97 Å². The number of esters is 1. The van der Waals surface area contributed by atoms with Gasteiger partial charge in [0.2, 0.25) is 0 Å². The molecule has 1 aliphatic heterocycles. The summed E-state index contributed by atoms with van der Waals surface area (Å²) in [5.41, 5.74) is 1.68. The van der Waals surface area contributed by atoms with Crippen LogP contribution in [0.5, 0.6) is 5.75 Å². The molecule has 0 spiro atoms. The van der Waals surface area contributed by atoms with Gasteiger partial charge in [-0.25, -0.2) is 0 Å². The quantitative estimate of drug-likeness (QED) is 0.369. The summed E-state index contributed by atoms with van der Waals surface area (Å²) in [7, 11) is 1.50. The number of nitrogens with one attached hydrogen (secondary N) is 2. The molecule has 1 aliphatic rings. The third kappa shape index (κ3) is 5.22. The van der Waals surface area contributed by atoms with Crippen LogP contribution in [0.1, 0.15) is 31.1 Å². The number of carbonyl (C=O) groups is 5. The smallest absolute Gasteiger partial charge is 0.326 e. The maximum Gasteiger partial charge on any atom is 0.326 e. The lowest BCUT2D eigenvalue weighted by molar-refractivity contribution is -0.147. The average molecular weight is 487 g/mol. The fraction of sp³-hybridized carbons (Fsp3) is 0.115. The molecule has 0 unspecified atom stereocenters. The predicted octanol–water partition coefficient (Wildman–Crippen LogP) is 2.73. The second-order valence-electron chi connectivity index (χ2n) is 7.68. The third-order valence-corrected chi connectivity index (χ3v) is 5.32. The van der Waals surface area contributed by atoms with Crippen molar-refractivity contribution < 1.29 is 33.4 Å². The number of anilines is 2. The number of hydrogen-bond donors (Lipinski definition) is 2. The number of hydrogen-bond acceptors (Lipinski definition) is 7. The summed E-state index contributed by atoms with van der Waals surface area (Å²) in [6.45, 7) is -1.21. The maximum absolute atomic E-state index is 12.5. The minimum absolute atomic E-state index is 0.216. The molecule has 3 aromatic rings. The molecule has 4 rings (SSSR count). The molecule has 3 aromatic carbocycles. The number of fused-ring (bicyclic) bond motifs is 1. The molecular formula is C26H21N3O7. The Kier molecular flexibility index (Phi) is 7.05. The van der Waals surface area contributed by atoms with Crippen LogP contribution in [0.2, 0.25) is 0 Å². The second kappa shape index (κ2) is 10.5. The first kappa shape index (κ1) is 24.1. The Morgan fingerprint density at radius 2 is 1.42 bits per heavy atom. The molecule has 2 N–H and O–H groups in total. The van der Waals surface area contributed by atoms with E-state index in [1.165, 1.54) is 43.5 Å². The highest BCUT2D eigenvalue weighted by atomic mass is 16.5. The number of ether oxygens (including phenoxy) is 2. The zero-order valence-electron chi connectivity index (χ0n) is 19.1. The summed E-state index contributed by atoms with van der Waals surface area (Å²) in [6.07, 6.45) is 0. The van der Waals surface area contributed by atoms with Gasteiger partial charge in [0.15, 0.2) is 6.61 Å². The summed E-state index contributed by atoms with van der Waals surface area (Å²) in [5.74, 6) is -2.55. The number of nitrogens with zero attached hydrogens (tertiary/aromatic N) is 1. The molecule has 0 aromatic heterocycles. The predicted molar refractivity (Wildman–Crippen MR) is 129 cm³/mol. The maximum atomic E-state index is 12.5. The van der Waals surface area contributed by atoms with Gasteiger partial charge in [0.25, 0.3) is 23.6 Å². The zero-order chi connectivity index (χ0) is 25.7. The molecule has 0 aliphatic carbocycles. The van der Waals surface area contributed by atoms with E-state index in [1.807, 2.05) is 0 Å². The van der Waals surface area contributed by atoms with Crippen molar-refractivity contribution in [2.45, 2.75) is 0 Å². The highest BCUT2D eigenvalue weighted by Crippen LogP contribution is 2.24. The number of carbonyl (C=O) groups excluding carboxylic acids is 5. The van der Waals surface area contributed by atoms with E-state index in [1.54, 1.807) is 36.4 Å². The molecule has 182 valence electrons. The van der Waals surface area contributed by atoms with Crippen LogP contribution in [0.25, 0.3) is 0 Å². The van der Waals surface area contributed by atoms with Crippen molar-refractivity contribution in [2.75, 3.05) is 30.9 Å². The van der Waals surface area contributed by atoms with Gasteiger partial charge in [-0.3, -0.25) is 28.9 Å². The molecule has 0 atom stereocenters. The van der Waals surface area contributed by atoms with E-state index in [2.05, 4.69) is 10.6 Å². The van der Waals surface area contributed by atoms with Crippen molar-refractivity contribution in [1.82, 2.24) is 4.90 Å². The lowest BCUT2D eigenvalue weighted by Crippen LogP contribution is -2.36. The van der Waals surface area contributed by atoms with Crippen molar-refractivity contribution in [1.29, 1.82) is 0 Å². The van der Waals surface area contributed by atoms with E-state index in [-0.39, 0.29) is 17.0 Å². The summed E-state index contributed by atoms with van der Waals surface area (Å²) < 4.78 is 10.1. The fourth-order valence-electron chi connectivity index (χ4n) is 3.55. The highest BCUT2D eigenvalue weighted by molar-refractivity contribution is 6.22. The summed E-state index contributed by atoms with van der Waals surface area (Å²) >= 11 is 0. The molecule has 0 radical (unpaired) electrons. The van der Waals surface area contributed by atoms with E-state index < -0.39 is 36.8 Å². The number of para-hydroxylation sites is 2. The molecule has 0 saturated heterocycles. The first-order valence-electron chi connectivity index (χ1n) is 10.8. The van der Waals surface area contributed by atoms with E-state index in [0.29, 0.717) is 22.7 Å². The van der Waals surface area contributed by atoms with Gasteiger partial charge in [-0.05, 0) is 48.5 Å². The summed E-state index contributed by atoms with van der Waals surface area (Å²) in [6, 6.07) is 19.3. The topological polar surface area (TPSA) is 131 Å². The average Bonchev–Trinajstić information content (AvgIpc) is 3.13. The molecule has 0 fully saturated rings. The molecule has 0 saturated carbocycles.